The predicted molar refractivity (Wildman–Crippen MR) is 123 cm³/mol. The van der Waals surface area contributed by atoms with Gasteiger partial charge in [-0.05, 0) is 49.2 Å². The normalized spacial score (nSPS) is 16.7. The highest BCUT2D eigenvalue weighted by molar-refractivity contribution is 8.01. The Morgan fingerprint density at radius 3 is 2.74 bits per heavy atom. The molecule has 0 fully saturated rings. The first kappa shape index (κ1) is 21.2. The van der Waals surface area contributed by atoms with Crippen molar-refractivity contribution >= 4 is 29.3 Å². The van der Waals surface area contributed by atoms with Crippen LogP contribution in [-0.4, -0.2) is 17.1 Å². The van der Waals surface area contributed by atoms with Crippen molar-refractivity contribution in [1.82, 2.24) is 5.32 Å². The van der Waals surface area contributed by atoms with Crippen LogP contribution in [0.4, 0.5) is 5.69 Å². The number of thioether (sulfide) groups is 1. The van der Waals surface area contributed by atoms with Gasteiger partial charge in [-0.15, -0.1) is 11.8 Å². The van der Waals surface area contributed by atoms with Gasteiger partial charge in [0.2, 0.25) is 11.8 Å². The summed E-state index contributed by atoms with van der Waals surface area (Å²) in [6, 6.07) is 17.8. The van der Waals surface area contributed by atoms with Gasteiger partial charge in [-0.25, -0.2) is 0 Å². The maximum atomic E-state index is 13.6. The fraction of sp³-hybridized carbons (Fsp3) is 0.280. The lowest BCUT2D eigenvalue weighted by Crippen LogP contribution is -2.47. The van der Waals surface area contributed by atoms with E-state index in [4.69, 9.17) is 4.42 Å². The molecule has 0 bridgehead atoms. The number of aryl methyl sites for hydroxylation is 2. The van der Waals surface area contributed by atoms with Gasteiger partial charge in [0.15, 0.2) is 0 Å². The molecular weight excluding hydrogens is 408 g/mol. The minimum atomic E-state index is -0.489. The Bertz CT molecular complexity index is 1090. The van der Waals surface area contributed by atoms with Crippen molar-refractivity contribution in [2.75, 3.05) is 4.90 Å². The Morgan fingerprint density at radius 1 is 1.16 bits per heavy atom. The van der Waals surface area contributed by atoms with Gasteiger partial charge in [0.25, 0.3) is 0 Å². The van der Waals surface area contributed by atoms with Crippen molar-refractivity contribution in [3.05, 3.63) is 83.3 Å². The lowest BCUT2D eigenvalue weighted by atomic mass is 10.0. The van der Waals surface area contributed by atoms with Gasteiger partial charge in [0, 0.05) is 4.90 Å². The molecule has 6 heteroatoms. The number of nitrogens with zero attached hydrogens (tertiary/aromatic N) is 1. The van der Waals surface area contributed by atoms with E-state index in [9.17, 15) is 9.59 Å². The summed E-state index contributed by atoms with van der Waals surface area (Å²) in [5, 5.41) is 2.40. The predicted octanol–water partition coefficient (Wildman–Crippen LogP) is 4.86. The van der Waals surface area contributed by atoms with Crippen LogP contribution < -0.4 is 10.2 Å². The number of fused-ring (bicyclic) bond motifs is 1. The van der Waals surface area contributed by atoms with E-state index in [1.165, 1.54) is 11.8 Å². The molecule has 4 rings (SSSR count). The van der Waals surface area contributed by atoms with Crippen LogP contribution in [0.15, 0.2) is 70.2 Å². The molecule has 0 aliphatic carbocycles. The van der Waals surface area contributed by atoms with E-state index in [0.717, 1.165) is 27.3 Å². The van der Waals surface area contributed by atoms with Crippen LogP contribution in [0.1, 0.15) is 29.4 Å². The number of para-hydroxylation sites is 1. The number of carbonyl (C=O) groups is 2. The average Bonchev–Trinajstić information content (AvgIpc) is 3.29. The van der Waals surface area contributed by atoms with Crippen LogP contribution in [0.5, 0.6) is 0 Å². The summed E-state index contributed by atoms with van der Waals surface area (Å²) in [7, 11) is 0. The Kier molecular flexibility index (Phi) is 6.18. The number of carbonyl (C=O) groups excluding carboxylic acids is 2. The summed E-state index contributed by atoms with van der Waals surface area (Å²) in [4.78, 5) is 29.2. The van der Waals surface area contributed by atoms with Gasteiger partial charge in [-0.2, -0.15) is 0 Å². The third-order valence-corrected chi connectivity index (χ3v) is 7.10. The Morgan fingerprint density at radius 2 is 1.97 bits per heavy atom. The maximum absolute atomic E-state index is 13.6. The zero-order valence-corrected chi connectivity index (χ0v) is 18.7. The zero-order chi connectivity index (χ0) is 22.0. The SMILES string of the molecule is Cc1ccc(C)c(CN2C(=O)[C@H]([C@@H](C)C(=O)NCc3ccco3)Sc3ccccc32)c1. The number of amides is 2. The Labute approximate surface area is 186 Å². The topological polar surface area (TPSA) is 62.6 Å². The summed E-state index contributed by atoms with van der Waals surface area (Å²) in [5.74, 6) is 0.00515. The fourth-order valence-corrected chi connectivity index (χ4v) is 5.03. The highest BCUT2D eigenvalue weighted by Gasteiger charge is 2.39. The van der Waals surface area contributed by atoms with Gasteiger partial charge in [-0.1, -0.05) is 42.8 Å². The monoisotopic (exact) mass is 434 g/mol. The fourth-order valence-electron chi connectivity index (χ4n) is 3.75. The summed E-state index contributed by atoms with van der Waals surface area (Å²) in [6.45, 7) is 6.73. The number of rotatable bonds is 6. The lowest BCUT2D eigenvalue weighted by Gasteiger charge is -2.36. The molecule has 2 amide bonds. The second kappa shape index (κ2) is 9.02. The van der Waals surface area contributed by atoms with Crippen LogP contribution in [0.2, 0.25) is 0 Å². The molecule has 5 nitrogen and oxygen atoms in total. The minimum absolute atomic E-state index is 0.0368. The molecular formula is C25H26N2O3S. The van der Waals surface area contributed by atoms with Crippen LogP contribution in [-0.2, 0) is 22.7 Å². The first-order chi connectivity index (χ1) is 14.9. The van der Waals surface area contributed by atoms with Crippen LogP contribution in [0.3, 0.4) is 0 Å². The number of hydrogen-bond acceptors (Lipinski definition) is 4. The molecule has 2 atom stereocenters. The number of hydrogen-bond donors (Lipinski definition) is 1. The summed E-state index contributed by atoms with van der Waals surface area (Å²) in [5.41, 5.74) is 4.33. The van der Waals surface area contributed by atoms with Crippen molar-refractivity contribution in [2.24, 2.45) is 5.92 Å². The van der Waals surface area contributed by atoms with Gasteiger partial charge >= 0.3 is 0 Å². The van der Waals surface area contributed by atoms with Gasteiger partial charge in [0.1, 0.15) is 11.0 Å². The molecule has 0 saturated heterocycles. The van der Waals surface area contributed by atoms with E-state index in [0.29, 0.717) is 18.8 Å². The van der Waals surface area contributed by atoms with Crippen LogP contribution in [0, 0.1) is 19.8 Å². The third-order valence-electron chi connectivity index (χ3n) is 5.64. The Hall–Kier alpha value is -2.99. The first-order valence-corrected chi connectivity index (χ1v) is 11.3. The quantitative estimate of drug-likeness (QED) is 0.602. The highest BCUT2D eigenvalue weighted by Crippen LogP contribution is 2.42. The summed E-state index contributed by atoms with van der Waals surface area (Å²) < 4.78 is 5.29. The van der Waals surface area contributed by atoms with Crippen LogP contribution in [0.25, 0.3) is 0 Å². The van der Waals surface area contributed by atoms with E-state index < -0.39 is 11.2 Å². The largest absolute Gasteiger partial charge is 0.467 e. The van der Waals surface area contributed by atoms with Crippen LogP contribution >= 0.6 is 11.8 Å². The first-order valence-electron chi connectivity index (χ1n) is 10.4. The third kappa shape index (κ3) is 4.54. The molecule has 0 saturated carbocycles. The van der Waals surface area contributed by atoms with E-state index >= 15 is 0 Å². The molecule has 0 radical (unpaired) electrons. The standard InChI is InChI=1S/C25H26N2O3S/c1-16-10-11-17(2)19(13-16)15-27-21-8-4-5-9-22(21)31-23(25(27)29)18(3)24(28)26-14-20-7-6-12-30-20/h4-13,18,23H,14-15H2,1-3H3,(H,26,28)/t18-,23+/m1/s1. The summed E-state index contributed by atoms with van der Waals surface area (Å²) in [6.07, 6.45) is 1.58. The highest BCUT2D eigenvalue weighted by atomic mass is 32.2. The summed E-state index contributed by atoms with van der Waals surface area (Å²) >= 11 is 1.47. The zero-order valence-electron chi connectivity index (χ0n) is 17.9. The van der Waals surface area contributed by atoms with Crippen molar-refractivity contribution in [3.63, 3.8) is 0 Å². The van der Waals surface area contributed by atoms with Gasteiger partial charge in [-0.3, -0.25) is 9.59 Å². The minimum Gasteiger partial charge on any atom is -0.467 e. The molecule has 1 aliphatic rings. The molecule has 1 aliphatic heterocycles. The molecule has 0 spiro atoms. The van der Waals surface area contributed by atoms with E-state index in [1.807, 2.05) is 42.2 Å². The van der Waals surface area contributed by atoms with E-state index in [1.54, 1.807) is 12.3 Å². The van der Waals surface area contributed by atoms with Crippen molar-refractivity contribution in [1.29, 1.82) is 0 Å². The maximum Gasteiger partial charge on any atom is 0.241 e. The van der Waals surface area contributed by atoms with E-state index in [2.05, 4.69) is 37.4 Å². The molecule has 3 aromatic rings. The smallest absolute Gasteiger partial charge is 0.241 e. The Balaban J connectivity index is 1.58. The molecule has 31 heavy (non-hydrogen) atoms. The van der Waals surface area contributed by atoms with Crippen molar-refractivity contribution in [2.45, 2.75) is 44.0 Å². The molecule has 1 N–H and O–H groups in total. The molecule has 160 valence electrons. The molecule has 2 aromatic carbocycles. The lowest BCUT2D eigenvalue weighted by molar-refractivity contribution is -0.128. The second-order valence-corrected chi connectivity index (χ2v) is 9.13. The molecule has 0 unspecified atom stereocenters. The number of furan rings is 1. The van der Waals surface area contributed by atoms with E-state index in [-0.39, 0.29) is 11.8 Å². The molecule has 1 aromatic heterocycles. The second-order valence-electron chi connectivity index (χ2n) is 7.95. The number of benzene rings is 2. The number of anilines is 1. The van der Waals surface area contributed by atoms with Crippen molar-refractivity contribution in [3.8, 4) is 0 Å². The average molecular weight is 435 g/mol. The molecule has 2 heterocycles. The van der Waals surface area contributed by atoms with Gasteiger partial charge < -0.3 is 14.6 Å². The van der Waals surface area contributed by atoms with Gasteiger partial charge in [0.05, 0.1) is 31.0 Å². The van der Waals surface area contributed by atoms with Crippen molar-refractivity contribution < 1.29 is 14.0 Å². The number of nitrogens with one attached hydrogen (secondary N) is 1.